The van der Waals surface area contributed by atoms with Gasteiger partial charge in [-0.15, -0.1) is 0 Å². The Labute approximate surface area is 210 Å². The molecule has 1 atom stereocenters. The standard InChI is InChI=1S/C22H24N6O9/c1-12(29)19(26-25-15-6-7-17(27(32)33)20(28(34)35)21(15)37-4)22(31)24-16-11-14(5-8-18(16)36-3)9-10-23-13(2)30/h5-8,11,19H,9-10H2,1-4H3,(H,23,30)(H,24,31). The van der Waals surface area contributed by atoms with Gasteiger partial charge in [-0.3, -0.25) is 34.6 Å². The smallest absolute Gasteiger partial charge is 0.389 e. The molecule has 2 rings (SSSR count). The number of methoxy groups -OCH3 is 2. The molecule has 0 spiro atoms. The number of nitro benzene ring substituents is 2. The maximum Gasteiger partial charge on any atom is 0.389 e. The Morgan fingerprint density at radius 1 is 1.03 bits per heavy atom. The highest BCUT2D eigenvalue weighted by molar-refractivity contribution is 6.10. The van der Waals surface area contributed by atoms with Crippen molar-refractivity contribution in [2.45, 2.75) is 26.3 Å². The number of carbonyl (C=O) groups is 3. The van der Waals surface area contributed by atoms with E-state index in [9.17, 15) is 34.6 Å². The lowest BCUT2D eigenvalue weighted by Crippen LogP contribution is -2.32. The quantitative estimate of drug-likeness (QED) is 0.184. The maximum atomic E-state index is 12.9. The maximum absolute atomic E-state index is 12.9. The Morgan fingerprint density at radius 2 is 1.73 bits per heavy atom. The molecule has 2 aromatic carbocycles. The summed E-state index contributed by atoms with van der Waals surface area (Å²) < 4.78 is 10.2. The summed E-state index contributed by atoms with van der Waals surface area (Å²) >= 11 is 0. The summed E-state index contributed by atoms with van der Waals surface area (Å²) in [5.41, 5.74) is -1.08. The van der Waals surface area contributed by atoms with Gasteiger partial charge >= 0.3 is 11.4 Å². The molecule has 0 aliphatic heterocycles. The van der Waals surface area contributed by atoms with Gasteiger partial charge in [0.25, 0.3) is 5.91 Å². The van der Waals surface area contributed by atoms with Gasteiger partial charge in [0, 0.05) is 19.5 Å². The van der Waals surface area contributed by atoms with E-state index >= 15 is 0 Å². The van der Waals surface area contributed by atoms with Gasteiger partial charge < -0.3 is 20.1 Å². The van der Waals surface area contributed by atoms with Crippen molar-refractivity contribution in [2.75, 3.05) is 26.1 Å². The monoisotopic (exact) mass is 516 g/mol. The van der Waals surface area contributed by atoms with Gasteiger partial charge in [0.1, 0.15) is 11.4 Å². The third-order valence-corrected chi connectivity index (χ3v) is 4.90. The molecule has 0 saturated heterocycles. The van der Waals surface area contributed by atoms with E-state index < -0.39 is 44.7 Å². The minimum Gasteiger partial charge on any atom is -0.495 e. The fourth-order valence-electron chi connectivity index (χ4n) is 3.18. The molecule has 15 nitrogen and oxygen atoms in total. The molecular formula is C22H24N6O9. The highest BCUT2D eigenvalue weighted by atomic mass is 16.6. The van der Waals surface area contributed by atoms with Crippen molar-refractivity contribution in [3.8, 4) is 11.5 Å². The van der Waals surface area contributed by atoms with Crippen LogP contribution < -0.4 is 20.1 Å². The first kappa shape index (κ1) is 28.3. The second-order valence-corrected chi connectivity index (χ2v) is 7.49. The molecule has 0 fully saturated rings. The van der Waals surface area contributed by atoms with Crippen molar-refractivity contribution in [3.63, 3.8) is 0 Å². The normalized spacial score (nSPS) is 11.5. The van der Waals surface area contributed by atoms with Crippen molar-refractivity contribution in [3.05, 3.63) is 56.1 Å². The first-order valence-electron chi connectivity index (χ1n) is 10.6. The third-order valence-electron chi connectivity index (χ3n) is 4.90. The molecule has 2 aromatic rings. The van der Waals surface area contributed by atoms with Crippen LogP contribution in [0.15, 0.2) is 40.6 Å². The van der Waals surface area contributed by atoms with Gasteiger partial charge in [-0.2, -0.15) is 10.2 Å². The molecule has 0 heterocycles. The molecule has 1 unspecified atom stereocenters. The molecule has 0 aliphatic carbocycles. The van der Waals surface area contributed by atoms with Gasteiger partial charge in [-0.25, -0.2) is 0 Å². The van der Waals surface area contributed by atoms with Crippen LogP contribution in [0.3, 0.4) is 0 Å². The molecule has 0 bridgehead atoms. The number of amides is 2. The summed E-state index contributed by atoms with van der Waals surface area (Å²) in [5, 5.41) is 35.2. The van der Waals surface area contributed by atoms with Crippen LogP contribution in [0.1, 0.15) is 19.4 Å². The number of nitrogens with zero attached hydrogens (tertiary/aromatic N) is 4. The van der Waals surface area contributed by atoms with E-state index in [4.69, 9.17) is 9.47 Å². The third kappa shape index (κ3) is 7.27. The number of Topliss-reactive ketones (excluding diaryl/α,β-unsaturated/α-hetero) is 1. The van der Waals surface area contributed by atoms with Crippen LogP contribution in [-0.4, -0.2) is 54.3 Å². The van der Waals surface area contributed by atoms with Crippen LogP contribution in [0.4, 0.5) is 22.7 Å². The van der Waals surface area contributed by atoms with Crippen molar-refractivity contribution in [1.82, 2.24) is 5.32 Å². The van der Waals surface area contributed by atoms with Gasteiger partial charge in [0.05, 0.1) is 29.8 Å². The van der Waals surface area contributed by atoms with E-state index in [0.29, 0.717) is 18.7 Å². The first-order chi connectivity index (χ1) is 17.5. The van der Waals surface area contributed by atoms with Gasteiger partial charge in [-0.1, -0.05) is 6.07 Å². The van der Waals surface area contributed by atoms with E-state index in [1.807, 2.05) is 0 Å². The minimum absolute atomic E-state index is 0.188. The molecule has 0 saturated carbocycles. The van der Waals surface area contributed by atoms with Crippen molar-refractivity contribution in [1.29, 1.82) is 0 Å². The number of nitro groups is 2. The first-order valence-corrected chi connectivity index (χ1v) is 10.6. The van der Waals surface area contributed by atoms with Crippen LogP contribution >= 0.6 is 0 Å². The molecular weight excluding hydrogens is 492 g/mol. The molecule has 0 aliphatic rings. The number of hydrogen-bond acceptors (Lipinski definition) is 11. The lowest BCUT2D eigenvalue weighted by molar-refractivity contribution is -0.423. The summed E-state index contributed by atoms with van der Waals surface area (Å²) in [6.07, 6.45) is 0.459. The van der Waals surface area contributed by atoms with Crippen LogP contribution in [0, 0.1) is 20.2 Å². The number of anilines is 1. The molecule has 0 aromatic heterocycles. The lowest BCUT2D eigenvalue weighted by Gasteiger charge is -2.14. The number of carbonyl (C=O) groups excluding carboxylic acids is 3. The fraction of sp³-hybridized carbons (Fsp3) is 0.318. The molecule has 37 heavy (non-hydrogen) atoms. The number of hydrogen-bond donors (Lipinski definition) is 2. The summed E-state index contributed by atoms with van der Waals surface area (Å²) in [6.45, 7) is 2.85. The average Bonchev–Trinajstić information content (AvgIpc) is 2.83. The number of rotatable bonds is 12. The topological polar surface area (TPSA) is 205 Å². The largest absolute Gasteiger partial charge is 0.495 e. The number of azo groups is 1. The average molecular weight is 516 g/mol. The SMILES string of the molecule is COc1ccc(CCNC(C)=O)cc1NC(=O)C(N=Nc1ccc([N+](=O)[O-])c([N+](=O)[O-])c1OC)C(C)=O. The predicted octanol–water partition coefficient (Wildman–Crippen LogP) is 2.88. The van der Waals surface area contributed by atoms with Crippen LogP contribution in [-0.2, 0) is 20.8 Å². The summed E-state index contributed by atoms with van der Waals surface area (Å²) in [6, 6.07) is 5.18. The lowest BCUT2D eigenvalue weighted by atomic mass is 10.1. The van der Waals surface area contributed by atoms with E-state index in [2.05, 4.69) is 20.9 Å². The van der Waals surface area contributed by atoms with E-state index in [-0.39, 0.29) is 17.3 Å². The van der Waals surface area contributed by atoms with E-state index in [1.54, 1.807) is 18.2 Å². The summed E-state index contributed by atoms with van der Waals surface area (Å²) in [5.74, 6) is -2.02. The molecule has 15 heteroatoms. The van der Waals surface area contributed by atoms with Crippen molar-refractivity contribution < 1.29 is 33.7 Å². The van der Waals surface area contributed by atoms with Crippen molar-refractivity contribution in [2.24, 2.45) is 10.2 Å². The van der Waals surface area contributed by atoms with Gasteiger partial charge in [-0.05, 0) is 37.1 Å². The van der Waals surface area contributed by atoms with E-state index in [1.165, 1.54) is 14.0 Å². The summed E-state index contributed by atoms with van der Waals surface area (Å²) in [7, 11) is 2.43. The molecule has 0 radical (unpaired) electrons. The Balaban J connectivity index is 2.36. The van der Waals surface area contributed by atoms with Crippen LogP contribution in [0.2, 0.25) is 0 Å². The number of ether oxygens (including phenoxy) is 2. The van der Waals surface area contributed by atoms with Gasteiger partial charge in [0.2, 0.25) is 17.7 Å². The minimum atomic E-state index is -1.66. The zero-order valence-electron chi connectivity index (χ0n) is 20.3. The molecule has 2 N–H and O–H groups in total. The predicted molar refractivity (Wildman–Crippen MR) is 129 cm³/mol. The molecule has 2 amide bonds. The Bertz CT molecular complexity index is 1260. The highest BCUT2D eigenvalue weighted by Gasteiger charge is 2.32. The Morgan fingerprint density at radius 3 is 2.27 bits per heavy atom. The highest BCUT2D eigenvalue weighted by Crippen LogP contribution is 2.43. The Kier molecular flexibility index (Phi) is 9.68. The van der Waals surface area contributed by atoms with Crippen molar-refractivity contribution >= 4 is 40.3 Å². The fourth-order valence-corrected chi connectivity index (χ4v) is 3.18. The number of ketones is 1. The summed E-state index contributed by atoms with van der Waals surface area (Å²) in [4.78, 5) is 56.8. The molecule has 196 valence electrons. The zero-order chi connectivity index (χ0) is 27.7. The number of nitrogens with one attached hydrogen (secondary N) is 2. The van der Waals surface area contributed by atoms with E-state index in [0.717, 1.165) is 31.7 Å². The Hall–Kier alpha value is -4.95. The van der Waals surface area contributed by atoms with Gasteiger partial charge in [0.15, 0.2) is 5.78 Å². The van der Waals surface area contributed by atoms with Crippen LogP contribution in [0.25, 0.3) is 0 Å². The second kappa shape index (κ2) is 12.7. The van der Waals surface area contributed by atoms with Crippen LogP contribution in [0.5, 0.6) is 11.5 Å². The zero-order valence-corrected chi connectivity index (χ0v) is 20.3. The second-order valence-electron chi connectivity index (χ2n) is 7.49. The number of benzene rings is 2.